The van der Waals surface area contributed by atoms with Crippen molar-refractivity contribution in [2.45, 2.75) is 45.1 Å². The Kier molecular flexibility index (Phi) is 7.54. The third-order valence-corrected chi connectivity index (χ3v) is 5.97. The lowest BCUT2D eigenvalue weighted by Gasteiger charge is -2.47. The number of nitrogens with zero attached hydrogens (tertiary/aromatic N) is 1. The third-order valence-electron chi connectivity index (χ3n) is 5.97. The van der Waals surface area contributed by atoms with Crippen molar-refractivity contribution in [2.24, 2.45) is 11.1 Å². The number of benzene rings is 1. The fourth-order valence-corrected chi connectivity index (χ4v) is 3.39. The number of amides is 2. The molecule has 1 aromatic carbocycles. The van der Waals surface area contributed by atoms with Crippen molar-refractivity contribution in [3.63, 3.8) is 0 Å². The van der Waals surface area contributed by atoms with Gasteiger partial charge in [0, 0.05) is 27.3 Å². The van der Waals surface area contributed by atoms with Gasteiger partial charge in [-0.25, -0.2) is 5.48 Å². The lowest BCUT2D eigenvalue weighted by atomic mass is 9.72. The molecule has 1 aromatic rings. The molecule has 4 N–H and O–H groups in total. The minimum atomic E-state index is -0.973. The van der Waals surface area contributed by atoms with Gasteiger partial charge in [-0.3, -0.25) is 14.8 Å². The molecule has 2 rings (SSSR count). The van der Waals surface area contributed by atoms with E-state index in [1.54, 1.807) is 38.4 Å². The minimum Gasteiger partial charge on any atom is -0.388 e. The molecule has 2 amide bonds. The molecule has 1 saturated heterocycles. The van der Waals surface area contributed by atoms with E-state index in [1.807, 2.05) is 44.2 Å². The first-order chi connectivity index (χ1) is 12.6. The number of hydroxylamine groups is 1. The molecule has 1 aliphatic rings. The van der Waals surface area contributed by atoms with Crippen molar-refractivity contribution >= 4 is 11.8 Å². The fraction of sp³-hybridized carbons (Fsp3) is 0.600. The van der Waals surface area contributed by atoms with Crippen molar-refractivity contribution in [3.8, 4) is 0 Å². The van der Waals surface area contributed by atoms with E-state index in [9.17, 15) is 9.59 Å². The van der Waals surface area contributed by atoms with Crippen molar-refractivity contribution in [1.29, 1.82) is 0 Å². The smallest absolute Gasteiger partial charge is 0.251 e. The van der Waals surface area contributed by atoms with Gasteiger partial charge in [-0.05, 0) is 39.7 Å². The molecule has 27 heavy (non-hydrogen) atoms. The lowest BCUT2D eigenvalue weighted by Crippen LogP contribution is -2.61. The normalized spacial score (nSPS) is 20.1. The first-order valence-corrected chi connectivity index (χ1v) is 8.99. The number of carbonyl (C=O) groups excluding carboxylic acids is 2. The van der Waals surface area contributed by atoms with E-state index in [-0.39, 0.29) is 12.5 Å². The van der Waals surface area contributed by atoms with E-state index in [4.69, 9.17) is 10.9 Å². The monoisotopic (exact) mass is 379 g/mol. The van der Waals surface area contributed by atoms with Crippen LogP contribution in [-0.4, -0.2) is 54.8 Å². The predicted octanol–water partition coefficient (Wildman–Crippen LogP) is 1.69. The van der Waals surface area contributed by atoms with Crippen molar-refractivity contribution < 1.29 is 19.5 Å². The maximum absolute atomic E-state index is 13.3. The van der Waals surface area contributed by atoms with Crippen LogP contribution in [0, 0.1) is 5.41 Å². The Bertz CT molecular complexity index is 646. The number of hydrogen-bond acceptors (Lipinski definition) is 5. The Balaban J connectivity index is 0.00000114. The number of nitrogens with two attached hydrogens (primary N) is 1. The van der Waals surface area contributed by atoms with Crippen LogP contribution in [0.25, 0.3) is 0 Å². The number of rotatable bonds is 5. The average Bonchev–Trinajstić information content (AvgIpc) is 3.00. The maximum Gasteiger partial charge on any atom is 0.251 e. The highest BCUT2D eigenvalue weighted by atomic mass is 16.5. The first kappa shape index (κ1) is 23.1. The van der Waals surface area contributed by atoms with E-state index < -0.39 is 22.3 Å². The summed E-state index contributed by atoms with van der Waals surface area (Å²) in [5, 5.41) is 9.05. The Morgan fingerprint density at radius 1 is 1.26 bits per heavy atom. The Morgan fingerprint density at radius 2 is 1.78 bits per heavy atom. The van der Waals surface area contributed by atoms with Gasteiger partial charge in [0.1, 0.15) is 0 Å². The average molecular weight is 380 g/mol. The highest BCUT2D eigenvalue weighted by Crippen LogP contribution is 2.44. The van der Waals surface area contributed by atoms with Crippen LogP contribution >= 0.6 is 0 Å². The van der Waals surface area contributed by atoms with Gasteiger partial charge in [0.05, 0.1) is 16.4 Å². The van der Waals surface area contributed by atoms with Crippen molar-refractivity contribution in [3.05, 3.63) is 35.9 Å². The molecule has 0 bridgehead atoms. The molecule has 152 valence electrons. The van der Waals surface area contributed by atoms with E-state index in [2.05, 4.69) is 4.74 Å². The number of ether oxygens (including phenoxy) is 1. The third kappa shape index (κ3) is 4.00. The van der Waals surface area contributed by atoms with Crippen LogP contribution in [0.5, 0.6) is 0 Å². The number of hydrogen-bond donors (Lipinski definition) is 3. The Hall–Kier alpha value is -1.96. The molecule has 1 unspecified atom stereocenters. The van der Waals surface area contributed by atoms with Crippen molar-refractivity contribution in [1.82, 2.24) is 10.4 Å². The molecular formula is C20H33N3O4. The molecule has 0 aromatic heterocycles. The standard InChI is InChI=1S/C18H27N3O3.C2H6O/c1-16(2,14(22)20-24)17(3,4)21-11-10-18(12-19,15(21)23)13-8-6-5-7-9-13;1-3-2/h5-9,24H,10-12,19H2,1-4H3,(H,20,22);1-2H3. The van der Waals surface area contributed by atoms with Gasteiger partial charge < -0.3 is 15.4 Å². The largest absolute Gasteiger partial charge is 0.388 e. The summed E-state index contributed by atoms with van der Waals surface area (Å²) in [5.41, 5.74) is 6.12. The second-order valence-electron chi connectivity index (χ2n) is 7.89. The predicted molar refractivity (Wildman–Crippen MR) is 104 cm³/mol. The molecule has 1 atom stereocenters. The summed E-state index contributed by atoms with van der Waals surface area (Å²) >= 11 is 0. The first-order valence-electron chi connectivity index (χ1n) is 8.99. The van der Waals surface area contributed by atoms with Crippen LogP contribution in [0.1, 0.15) is 39.7 Å². The molecule has 7 heteroatoms. The van der Waals surface area contributed by atoms with Crippen LogP contribution in [0.2, 0.25) is 0 Å². The topological polar surface area (TPSA) is 105 Å². The molecule has 1 heterocycles. The summed E-state index contributed by atoms with van der Waals surface area (Å²) in [4.78, 5) is 27.2. The number of methoxy groups -OCH3 is 1. The van der Waals surface area contributed by atoms with E-state index in [1.165, 1.54) is 0 Å². The minimum absolute atomic E-state index is 0.0694. The zero-order chi connectivity index (χ0) is 20.9. The van der Waals surface area contributed by atoms with Gasteiger partial charge in [0.25, 0.3) is 5.91 Å². The zero-order valence-electron chi connectivity index (χ0n) is 17.2. The van der Waals surface area contributed by atoms with Crippen LogP contribution in [-0.2, 0) is 19.7 Å². The van der Waals surface area contributed by atoms with E-state index >= 15 is 0 Å². The van der Waals surface area contributed by atoms with Gasteiger partial charge in [-0.2, -0.15) is 0 Å². The number of likely N-dealkylation sites (tertiary alicyclic amines) is 1. The summed E-state index contributed by atoms with van der Waals surface area (Å²) in [7, 11) is 3.25. The zero-order valence-corrected chi connectivity index (χ0v) is 17.2. The Morgan fingerprint density at radius 3 is 2.22 bits per heavy atom. The molecule has 0 aliphatic carbocycles. The van der Waals surface area contributed by atoms with Gasteiger partial charge >= 0.3 is 0 Å². The summed E-state index contributed by atoms with van der Waals surface area (Å²) in [6.45, 7) is 7.86. The Labute approximate surface area is 161 Å². The molecule has 0 radical (unpaired) electrons. The molecular weight excluding hydrogens is 346 g/mol. The van der Waals surface area contributed by atoms with Crippen LogP contribution in [0.4, 0.5) is 0 Å². The van der Waals surface area contributed by atoms with Gasteiger partial charge in [0.2, 0.25) is 5.91 Å². The highest BCUT2D eigenvalue weighted by Gasteiger charge is 2.56. The quantitative estimate of drug-likeness (QED) is 0.533. The van der Waals surface area contributed by atoms with E-state index in [0.29, 0.717) is 13.0 Å². The number of nitrogens with one attached hydrogen (secondary N) is 1. The molecule has 0 spiro atoms. The SMILES string of the molecule is CC(C)(C(=O)NO)C(C)(C)N1CCC(CN)(c2ccccc2)C1=O.COC. The van der Waals surface area contributed by atoms with Gasteiger partial charge in [-0.15, -0.1) is 0 Å². The van der Waals surface area contributed by atoms with E-state index in [0.717, 1.165) is 5.56 Å². The number of carbonyl (C=O) groups is 2. The second kappa shape index (κ2) is 8.82. The summed E-state index contributed by atoms with van der Waals surface area (Å²) in [5.74, 6) is -0.592. The van der Waals surface area contributed by atoms with Gasteiger partial charge in [0.15, 0.2) is 0 Å². The van der Waals surface area contributed by atoms with Crippen LogP contribution in [0.3, 0.4) is 0 Å². The summed E-state index contributed by atoms with van der Waals surface area (Å²) in [6.07, 6.45) is 0.604. The summed E-state index contributed by atoms with van der Waals surface area (Å²) in [6, 6.07) is 9.55. The highest BCUT2D eigenvalue weighted by molar-refractivity contribution is 5.92. The second-order valence-corrected chi connectivity index (χ2v) is 7.89. The lowest BCUT2D eigenvalue weighted by molar-refractivity contribution is -0.152. The van der Waals surface area contributed by atoms with Crippen LogP contribution < -0.4 is 11.2 Å². The fourth-order valence-electron chi connectivity index (χ4n) is 3.39. The van der Waals surface area contributed by atoms with Crippen LogP contribution in [0.15, 0.2) is 30.3 Å². The van der Waals surface area contributed by atoms with Crippen molar-refractivity contribution in [2.75, 3.05) is 27.3 Å². The summed E-state index contributed by atoms with van der Waals surface area (Å²) < 4.78 is 4.25. The molecule has 7 nitrogen and oxygen atoms in total. The molecule has 1 fully saturated rings. The molecule has 0 saturated carbocycles. The maximum atomic E-state index is 13.3. The van der Waals surface area contributed by atoms with Gasteiger partial charge in [-0.1, -0.05) is 30.3 Å². The molecule has 1 aliphatic heterocycles.